The maximum atomic E-state index is 13.1. The number of aliphatic carboxylic acids is 1. The molecule has 0 bridgehead atoms. The molecule has 0 fully saturated rings. The quantitative estimate of drug-likeness (QED) is 0.934. The Kier molecular flexibility index (Phi) is 4.08. The molecule has 1 aromatic heterocycles. The lowest BCUT2D eigenvalue weighted by molar-refractivity contribution is -0.143. The van der Waals surface area contributed by atoms with Crippen LogP contribution in [0.4, 0.5) is 13.2 Å². The van der Waals surface area contributed by atoms with Gasteiger partial charge in [-0.2, -0.15) is 18.3 Å². The molecule has 0 saturated carbocycles. The number of alkyl halides is 3. The van der Waals surface area contributed by atoms with Gasteiger partial charge >= 0.3 is 12.1 Å². The predicted octanol–water partition coefficient (Wildman–Crippen LogP) is 2.62. The molecule has 0 radical (unpaired) electrons. The summed E-state index contributed by atoms with van der Waals surface area (Å²) in [7, 11) is 1.43. The van der Waals surface area contributed by atoms with Crippen LogP contribution in [0, 0.1) is 0 Å². The third-order valence-electron chi connectivity index (χ3n) is 4.13. The third-order valence-corrected chi connectivity index (χ3v) is 4.13. The lowest BCUT2D eigenvalue weighted by atomic mass is 9.89. The van der Waals surface area contributed by atoms with Crippen LogP contribution in [0.5, 0.6) is 0 Å². The number of aryl methyl sites for hydroxylation is 1. The summed E-state index contributed by atoms with van der Waals surface area (Å²) in [5.41, 5.74) is 0.682. The standard InChI is InChI=1S/C16H16F3N3O2/c1-21-6-11(14(20-21)16(17,18)19)8-22-7-10-4-2-3-5-12(10)13(9-22)15(23)24/h2-6,13H,7-9H2,1H3,(H,23,24). The predicted molar refractivity (Wildman–Crippen MR) is 79.1 cm³/mol. The van der Waals surface area contributed by atoms with Crippen LogP contribution in [0.1, 0.15) is 28.3 Å². The van der Waals surface area contributed by atoms with Gasteiger partial charge in [-0.05, 0) is 11.1 Å². The Hall–Kier alpha value is -2.35. The van der Waals surface area contributed by atoms with Crippen LogP contribution in [-0.4, -0.2) is 32.3 Å². The average molecular weight is 339 g/mol. The minimum atomic E-state index is -4.53. The molecule has 1 N–H and O–H groups in total. The summed E-state index contributed by atoms with van der Waals surface area (Å²) < 4.78 is 40.3. The molecule has 1 aliphatic heterocycles. The van der Waals surface area contributed by atoms with Crippen molar-refractivity contribution in [2.75, 3.05) is 6.54 Å². The van der Waals surface area contributed by atoms with Crippen LogP contribution in [0.25, 0.3) is 0 Å². The number of hydrogen-bond acceptors (Lipinski definition) is 3. The Labute approximate surface area is 136 Å². The molecule has 1 atom stereocenters. The second-order valence-corrected chi connectivity index (χ2v) is 5.93. The van der Waals surface area contributed by atoms with Gasteiger partial charge in [-0.3, -0.25) is 14.4 Å². The number of nitrogens with zero attached hydrogens (tertiary/aromatic N) is 3. The Morgan fingerprint density at radius 3 is 2.75 bits per heavy atom. The minimum Gasteiger partial charge on any atom is -0.481 e. The Balaban J connectivity index is 1.89. The third kappa shape index (κ3) is 3.14. The average Bonchev–Trinajstić information content (AvgIpc) is 2.87. The fourth-order valence-corrected chi connectivity index (χ4v) is 3.14. The molecule has 8 heteroatoms. The molecule has 0 aliphatic carbocycles. The molecule has 5 nitrogen and oxygen atoms in total. The summed E-state index contributed by atoms with van der Waals surface area (Å²) in [5.74, 6) is -1.73. The summed E-state index contributed by atoms with van der Waals surface area (Å²) in [6.07, 6.45) is -3.20. The van der Waals surface area contributed by atoms with Crippen LogP contribution in [0.3, 0.4) is 0 Å². The summed E-state index contributed by atoms with van der Waals surface area (Å²) in [6.45, 7) is 0.575. The fraction of sp³-hybridized carbons (Fsp3) is 0.375. The van der Waals surface area contributed by atoms with E-state index in [0.29, 0.717) is 6.54 Å². The molecule has 0 amide bonds. The van der Waals surface area contributed by atoms with Crippen LogP contribution in [0.2, 0.25) is 0 Å². The van der Waals surface area contributed by atoms with E-state index in [-0.39, 0.29) is 18.7 Å². The van der Waals surface area contributed by atoms with Crippen molar-refractivity contribution >= 4 is 5.97 Å². The molecule has 0 spiro atoms. The van der Waals surface area contributed by atoms with Crippen molar-refractivity contribution in [3.63, 3.8) is 0 Å². The minimum absolute atomic E-state index is 0.000791. The van der Waals surface area contributed by atoms with Gasteiger partial charge in [0.25, 0.3) is 0 Å². The fourth-order valence-electron chi connectivity index (χ4n) is 3.14. The first-order chi connectivity index (χ1) is 11.3. The second kappa shape index (κ2) is 5.94. The van der Waals surface area contributed by atoms with E-state index in [4.69, 9.17) is 0 Å². The van der Waals surface area contributed by atoms with Gasteiger partial charge in [-0.25, -0.2) is 0 Å². The zero-order chi connectivity index (χ0) is 17.5. The summed E-state index contributed by atoms with van der Waals surface area (Å²) in [6, 6.07) is 7.14. The number of carboxylic acids is 1. The molecule has 1 unspecified atom stereocenters. The molecule has 128 valence electrons. The van der Waals surface area contributed by atoms with E-state index in [1.807, 2.05) is 6.07 Å². The number of halogens is 3. The van der Waals surface area contributed by atoms with E-state index in [1.54, 1.807) is 23.1 Å². The van der Waals surface area contributed by atoms with Crippen molar-refractivity contribution in [1.29, 1.82) is 0 Å². The van der Waals surface area contributed by atoms with Gasteiger partial charge in [0, 0.05) is 38.4 Å². The van der Waals surface area contributed by atoms with Crippen LogP contribution < -0.4 is 0 Å². The molecule has 2 aromatic rings. The summed E-state index contributed by atoms with van der Waals surface area (Å²) >= 11 is 0. The topological polar surface area (TPSA) is 58.4 Å². The van der Waals surface area contributed by atoms with Crippen LogP contribution in [0.15, 0.2) is 30.5 Å². The number of carbonyl (C=O) groups is 1. The summed E-state index contributed by atoms with van der Waals surface area (Å²) in [5, 5.41) is 12.9. The van der Waals surface area contributed by atoms with E-state index in [9.17, 15) is 23.1 Å². The SMILES string of the molecule is Cn1cc(CN2Cc3ccccc3C(C(=O)O)C2)c(C(F)(F)F)n1. The van der Waals surface area contributed by atoms with Crippen molar-refractivity contribution in [1.82, 2.24) is 14.7 Å². The van der Waals surface area contributed by atoms with Gasteiger partial charge in [0.2, 0.25) is 0 Å². The van der Waals surface area contributed by atoms with Gasteiger partial charge in [-0.15, -0.1) is 0 Å². The lowest BCUT2D eigenvalue weighted by Gasteiger charge is -2.32. The molecular formula is C16H16F3N3O2. The van der Waals surface area contributed by atoms with Crippen LogP contribution in [-0.2, 0) is 31.1 Å². The highest BCUT2D eigenvalue weighted by Crippen LogP contribution is 2.33. The van der Waals surface area contributed by atoms with E-state index in [1.165, 1.54) is 13.2 Å². The number of aromatic nitrogens is 2. The highest BCUT2D eigenvalue weighted by molar-refractivity contribution is 5.77. The number of rotatable bonds is 3. The summed E-state index contributed by atoms with van der Waals surface area (Å²) in [4.78, 5) is 13.2. The van der Waals surface area contributed by atoms with Gasteiger partial charge in [0.05, 0.1) is 5.92 Å². The maximum absolute atomic E-state index is 13.1. The van der Waals surface area contributed by atoms with E-state index < -0.39 is 23.8 Å². The zero-order valence-corrected chi connectivity index (χ0v) is 12.9. The Morgan fingerprint density at radius 2 is 2.08 bits per heavy atom. The van der Waals surface area contributed by atoms with Crippen molar-refractivity contribution in [3.05, 3.63) is 52.8 Å². The van der Waals surface area contributed by atoms with E-state index in [2.05, 4.69) is 5.10 Å². The molecule has 1 aliphatic rings. The molecule has 3 rings (SSSR count). The van der Waals surface area contributed by atoms with E-state index in [0.717, 1.165) is 15.8 Å². The first kappa shape index (κ1) is 16.5. The van der Waals surface area contributed by atoms with Crippen LogP contribution >= 0.6 is 0 Å². The number of carboxylic acid groups (broad SMARTS) is 1. The first-order valence-electron chi connectivity index (χ1n) is 7.38. The monoisotopic (exact) mass is 339 g/mol. The molecule has 1 aromatic carbocycles. The smallest absolute Gasteiger partial charge is 0.435 e. The zero-order valence-electron chi connectivity index (χ0n) is 12.9. The Morgan fingerprint density at radius 1 is 1.38 bits per heavy atom. The maximum Gasteiger partial charge on any atom is 0.435 e. The molecule has 2 heterocycles. The highest BCUT2D eigenvalue weighted by atomic mass is 19.4. The number of hydrogen-bond donors (Lipinski definition) is 1. The Bertz CT molecular complexity index is 770. The van der Waals surface area contributed by atoms with Gasteiger partial charge < -0.3 is 5.11 Å². The largest absolute Gasteiger partial charge is 0.481 e. The second-order valence-electron chi connectivity index (χ2n) is 5.93. The molecule has 0 saturated heterocycles. The molecular weight excluding hydrogens is 323 g/mol. The highest BCUT2D eigenvalue weighted by Gasteiger charge is 2.38. The van der Waals surface area contributed by atoms with E-state index >= 15 is 0 Å². The van der Waals surface area contributed by atoms with Crippen molar-refractivity contribution in [2.24, 2.45) is 7.05 Å². The van der Waals surface area contributed by atoms with Crippen molar-refractivity contribution in [2.45, 2.75) is 25.2 Å². The van der Waals surface area contributed by atoms with Gasteiger partial charge in [0.1, 0.15) is 0 Å². The van der Waals surface area contributed by atoms with Gasteiger partial charge in [-0.1, -0.05) is 24.3 Å². The lowest BCUT2D eigenvalue weighted by Crippen LogP contribution is -2.36. The van der Waals surface area contributed by atoms with Gasteiger partial charge in [0.15, 0.2) is 5.69 Å². The number of fused-ring (bicyclic) bond motifs is 1. The first-order valence-corrected chi connectivity index (χ1v) is 7.38. The number of benzene rings is 1. The van der Waals surface area contributed by atoms with Crippen molar-refractivity contribution < 1.29 is 23.1 Å². The normalized spacial score (nSPS) is 18.4. The molecule has 24 heavy (non-hydrogen) atoms. The van der Waals surface area contributed by atoms with Crippen molar-refractivity contribution in [3.8, 4) is 0 Å².